The van der Waals surface area contributed by atoms with E-state index >= 15 is 0 Å². The van der Waals surface area contributed by atoms with E-state index in [1.807, 2.05) is 12.1 Å². The van der Waals surface area contributed by atoms with E-state index < -0.39 is 4.92 Å². The van der Waals surface area contributed by atoms with Gasteiger partial charge in [-0.3, -0.25) is 20.3 Å². The first kappa shape index (κ1) is 17.6. The van der Waals surface area contributed by atoms with Gasteiger partial charge in [-0.15, -0.1) is 0 Å². The van der Waals surface area contributed by atoms with Crippen LogP contribution in [0.25, 0.3) is 0 Å². The average molecular weight is 391 g/mol. The summed E-state index contributed by atoms with van der Waals surface area (Å²) in [6.07, 6.45) is 0.135. The van der Waals surface area contributed by atoms with Crippen molar-refractivity contribution in [1.29, 1.82) is 0 Å². The molecule has 2 rings (SSSR count). The molecule has 0 saturated heterocycles. The van der Waals surface area contributed by atoms with Crippen molar-refractivity contribution in [1.82, 2.24) is 0 Å². The van der Waals surface area contributed by atoms with Gasteiger partial charge in [0.25, 0.3) is 5.69 Å². The number of carbonyl (C=O) groups excluding carboxylic acids is 1. The van der Waals surface area contributed by atoms with Gasteiger partial charge in [-0.2, -0.15) is 5.10 Å². The summed E-state index contributed by atoms with van der Waals surface area (Å²) in [5.74, 6) is -0.177. The highest BCUT2D eigenvalue weighted by molar-refractivity contribution is 9.10. The molecule has 8 heteroatoms. The summed E-state index contributed by atoms with van der Waals surface area (Å²) in [6, 6.07) is 13.1. The van der Waals surface area contributed by atoms with Crippen molar-refractivity contribution in [2.45, 2.75) is 13.3 Å². The number of nitro groups is 1. The van der Waals surface area contributed by atoms with E-state index in [-0.39, 0.29) is 18.0 Å². The number of rotatable bonds is 6. The van der Waals surface area contributed by atoms with Gasteiger partial charge in [0, 0.05) is 28.0 Å². The maximum atomic E-state index is 11.9. The largest absolute Gasteiger partial charge is 0.326 e. The van der Waals surface area contributed by atoms with Crippen molar-refractivity contribution < 1.29 is 9.72 Å². The lowest BCUT2D eigenvalue weighted by Crippen LogP contribution is -2.15. The van der Waals surface area contributed by atoms with E-state index in [1.54, 1.807) is 31.2 Å². The molecule has 0 atom stereocenters. The molecule has 0 spiro atoms. The molecule has 0 aliphatic rings. The number of hydrazone groups is 1. The Balaban J connectivity index is 1.87. The SMILES string of the molecule is C/C(CC(=O)Nc1ccc(Br)cc1)=N\Nc1ccc([N+](=O)[O-])cc1. The van der Waals surface area contributed by atoms with Crippen LogP contribution in [0.15, 0.2) is 58.1 Å². The topological polar surface area (TPSA) is 96.6 Å². The van der Waals surface area contributed by atoms with Crippen LogP contribution >= 0.6 is 15.9 Å². The molecule has 0 unspecified atom stereocenters. The molecule has 0 fully saturated rings. The fourth-order valence-electron chi connectivity index (χ4n) is 1.83. The van der Waals surface area contributed by atoms with Crippen molar-refractivity contribution in [2.75, 3.05) is 10.7 Å². The van der Waals surface area contributed by atoms with Gasteiger partial charge in [0.2, 0.25) is 5.91 Å². The van der Waals surface area contributed by atoms with Crippen LogP contribution in [0.1, 0.15) is 13.3 Å². The number of halogens is 1. The Morgan fingerprint density at radius 3 is 2.29 bits per heavy atom. The van der Waals surface area contributed by atoms with Crippen LogP contribution in [0.5, 0.6) is 0 Å². The predicted molar refractivity (Wildman–Crippen MR) is 97.2 cm³/mol. The number of hydrogen-bond acceptors (Lipinski definition) is 5. The normalized spacial score (nSPS) is 11.0. The third kappa shape index (κ3) is 5.47. The lowest BCUT2D eigenvalue weighted by Gasteiger charge is -2.06. The molecule has 0 saturated carbocycles. The summed E-state index contributed by atoms with van der Waals surface area (Å²) in [4.78, 5) is 22.0. The van der Waals surface area contributed by atoms with E-state index in [0.29, 0.717) is 17.1 Å². The highest BCUT2D eigenvalue weighted by Gasteiger charge is 2.06. The van der Waals surface area contributed by atoms with E-state index in [4.69, 9.17) is 0 Å². The zero-order valence-corrected chi connectivity index (χ0v) is 14.4. The molecule has 2 aromatic carbocycles. The van der Waals surface area contributed by atoms with Crippen molar-refractivity contribution in [3.05, 3.63) is 63.1 Å². The number of anilines is 2. The number of nitrogens with one attached hydrogen (secondary N) is 2. The maximum absolute atomic E-state index is 11.9. The van der Waals surface area contributed by atoms with Gasteiger partial charge in [-0.1, -0.05) is 15.9 Å². The number of carbonyl (C=O) groups is 1. The summed E-state index contributed by atoms with van der Waals surface area (Å²) >= 11 is 3.33. The lowest BCUT2D eigenvalue weighted by molar-refractivity contribution is -0.384. The number of benzene rings is 2. The first-order valence-electron chi connectivity index (χ1n) is 7.03. The fraction of sp³-hybridized carbons (Fsp3) is 0.125. The first-order valence-corrected chi connectivity index (χ1v) is 7.82. The van der Waals surface area contributed by atoms with Gasteiger partial charge in [0.1, 0.15) is 0 Å². The lowest BCUT2D eigenvalue weighted by atomic mass is 10.2. The Morgan fingerprint density at radius 2 is 1.71 bits per heavy atom. The second-order valence-electron chi connectivity index (χ2n) is 4.99. The summed E-state index contributed by atoms with van der Waals surface area (Å²) in [7, 11) is 0. The van der Waals surface area contributed by atoms with Gasteiger partial charge in [-0.05, 0) is 43.3 Å². The molecule has 0 bridgehead atoms. The molecule has 0 radical (unpaired) electrons. The van der Waals surface area contributed by atoms with Crippen LogP contribution in [0.3, 0.4) is 0 Å². The molecule has 0 aromatic heterocycles. The molecule has 1 amide bonds. The van der Waals surface area contributed by atoms with Gasteiger partial charge in [0.15, 0.2) is 0 Å². The molecule has 24 heavy (non-hydrogen) atoms. The van der Waals surface area contributed by atoms with Crippen molar-refractivity contribution in [3.8, 4) is 0 Å². The average Bonchev–Trinajstić information content (AvgIpc) is 2.55. The molecular weight excluding hydrogens is 376 g/mol. The summed E-state index contributed by atoms with van der Waals surface area (Å²) in [6.45, 7) is 1.72. The van der Waals surface area contributed by atoms with E-state index in [2.05, 4.69) is 31.8 Å². The van der Waals surface area contributed by atoms with Crippen LogP contribution < -0.4 is 10.7 Å². The Hall–Kier alpha value is -2.74. The third-order valence-corrected chi connectivity index (χ3v) is 3.53. The van der Waals surface area contributed by atoms with Crippen LogP contribution in [0, 0.1) is 10.1 Å². The number of amides is 1. The van der Waals surface area contributed by atoms with Crippen LogP contribution in [-0.4, -0.2) is 16.5 Å². The molecule has 7 nitrogen and oxygen atoms in total. The van der Waals surface area contributed by atoms with Crippen LogP contribution in [-0.2, 0) is 4.79 Å². The number of nitro benzene ring substituents is 1. The van der Waals surface area contributed by atoms with Crippen molar-refractivity contribution >= 4 is 44.6 Å². The van der Waals surface area contributed by atoms with Crippen LogP contribution in [0.2, 0.25) is 0 Å². The van der Waals surface area contributed by atoms with Gasteiger partial charge in [0.05, 0.1) is 17.0 Å². The molecule has 124 valence electrons. The number of non-ortho nitro benzene ring substituents is 1. The Bertz CT molecular complexity index is 758. The van der Waals surface area contributed by atoms with Gasteiger partial charge < -0.3 is 5.32 Å². The maximum Gasteiger partial charge on any atom is 0.269 e. The molecular formula is C16H15BrN4O3. The Kier molecular flexibility index (Phi) is 6.02. The Morgan fingerprint density at radius 1 is 1.12 bits per heavy atom. The van der Waals surface area contributed by atoms with Gasteiger partial charge >= 0.3 is 0 Å². The van der Waals surface area contributed by atoms with Gasteiger partial charge in [-0.25, -0.2) is 0 Å². The number of hydrogen-bond donors (Lipinski definition) is 2. The summed E-state index contributed by atoms with van der Waals surface area (Å²) < 4.78 is 0.936. The zero-order chi connectivity index (χ0) is 17.5. The highest BCUT2D eigenvalue weighted by Crippen LogP contribution is 2.16. The fourth-order valence-corrected chi connectivity index (χ4v) is 2.09. The third-order valence-electron chi connectivity index (χ3n) is 3.00. The number of nitrogens with zero attached hydrogens (tertiary/aromatic N) is 2. The predicted octanol–water partition coefficient (Wildman–Crippen LogP) is 4.17. The highest BCUT2D eigenvalue weighted by atomic mass is 79.9. The first-order chi connectivity index (χ1) is 11.4. The van der Waals surface area contributed by atoms with E-state index in [1.165, 1.54) is 12.1 Å². The van der Waals surface area contributed by atoms with E-state index in [9.17, 15) is 14.9 Å². The van der Waals surface area contributed by atoms with Crippen molar-refractivity contribution in [2.24, 2.45) is 5.10 Å². The summed E-state index contributed by atoms with van der Waals surface area (Å²) in [5, 5.41) is 17.4. The quantitative estimate of drug-likeness (QED) is 0.439. The molecule has 0 aliphatic heterocycles. The molecule has 2 N–H and O–H groups in total. The van der Waals surface area contributed by atoms with Crippen LogP contribution in [0.4, 0.5) is 17.1 Å². The minimum Gasteiger partial charge on any atom is -0.326 e. The standard InChI is InChI=1S/C16H15BrN4O3/c1-11(10-16(22)18-13-4-2-12(17)3-5-13)19-20-14-6-8-15(9-7-14)21(23)24/h2-9,20H,10H2,1H3,(H,18,22)/b19-11+. The molecule has 2 aromatic rings. The molecule has 0 heterocycles. The van der Waals surface area contributed by atoms with Crippen molar-refractivity contribution in [3.63, 3.8) is 0 Å². The smallest absolute Gasteiger partial charge is 0.269 e. The second kappa shape index (κ2) is 8.21. The second-order valence-corrected chi connectivity index (χ2v) is 5.91. The minimum atomic E-state index is -0.468. The monoisotopic (exact) mass is 390 g/mol. The zero-order valence-electron chi connectivity index (χ0n) is 12.8. The minimum absolute atomic E-state index is 0.00938. The molecule has 0 aliphatic carbocycles. The van der Waals surface area contributed by atoms with E-state index in [0.717, 1.165) is 4.47 Å². The summed E-state index contributed by atoms with van der Waals surface area (Å²) in [5.41, 5.74) is 4.67. The Labute approximate surface area is 147 Å².